The van der Waals surface area contributed by atoms with E-state index in [2.05, 4.69) is 48.0 Å². The largest absolute Gasteiger partial charge is 0.493 e. The van der Waals surface area contributed by atoms with Crippen molar-refractivity contribution in [3.05, 3.63) is 24.5 Å². The highest BCUT2D eigenvalue weighted by atomic mass is 16.5. The van der Waals surface area contributed by atoms with Crippen LogP contribution in [0, 0.1) is 5.92 Å². The van der Waals surface area contributed by atoms with E-state index < -0.39 is 0 Å². The summed E-state index contributed by atoms with van der Waals surface area (Å²) in [7, 11) is 4.42. The van der Waals surface area contributed by atoms with Crippen molar-refractivity contribution in [3.63, 3.8) is 0 Å². The Bertz CT molecular complexity index is 243. The Kier molecular flexibility index (Phi) is 6.42. The molecule has 1 unspecified atom stereocenters. The molecule has 2 nitrogen and oxygen atoms in total. The number of ether oxygens (including phenoxy) is 1. The lowest BCUT2D eigenvalue weighted by Crippen LogP contribution is -2.41. The Morgan fingerprint density at radius 3 is 2.31 bits per heavy atom. The summed E-state index contributed by atoms with van der Waals surface area (Å²) in [4.78, 5) is 0. The van der Waals surface area contributed by atoms with Crippen LogP contribution in [-0.4, -0.2) is 38.3 Å². The van der Waals surface area contributed by atoms with Crippen LogP contribution in [0.1, 0.15) is 27.2 Å². The van der Waals surface area contributed by atoms with Crippen molar-refractivity contribution in [1.29, 1.82) is 0 Å². The van der Waals surface area contributed by atoms with Crippen LogP contribution in [0.5, 0.6) is 0 Å². The predicted molar refractivity (Wildman–Crippen MR) is 71.2 cm³/mol. The van der Waals surface area contributed by atoms with Gasteiger partial charge >= 0.3 is 0 Å². The number of likely N-dealkylation sites (N-methyl/N-ethyl adjacent to an activating group) is 1. The fourth-order valence-corrected chi connectivity index (χ4v) is 1.17. The average molecular weight is 226 g/mol. The third-order valence-corrected chi connectivity index (χ3v) is 3.23. The van der Waals surface area contributed by atoms with Gasteiger partial charge < -0.3 is 9.22 Å². The zero-order chi connectivity index (χ0) is 12.8. The van der Waals surface area contributed by atoms with Crippen molar-refractivity contribution in [2.45, 2.75) is 27.2 Å². The smallest absolute Gasteiger partial charge is 0.137 e. The summed E-state index contributed by atoms with van der Waals surface area (Å²) in [5.74, 6) is 1.34. The summed E-state index contributed by atoms with van der Waals surface area (Å²) in [6.45, 7) is 17.2. The van der Waals surface area contributed by atoms with Crippen LogP contribution >= 0.6 is 0 Å². The van der Waals surface area contributed by atoms with Crippen molar-refractivity contribution in [2.24, 2.45) is 5.92 Å². The van der Waals surface area contributed by atoms with Gasteiger partial charge in [0.15, 0.2) is 0 Å². The van der Waals surface area contributed by atoms with Gasteiger partial charge in [0.25, 0.3) is 0 Å². The molecule has 16 heavy (non-hydrogen) atoms. The molecule has 0 aliphatic heterocycles. The lowest BCUT2D eigenvalue weighted by molar-refractivity contribution is -0.888. The van der Waals surface area contributed by atoms with E-state index in [-0.39, 0.29) is 0 Å². The number of rotatable bonds is 8. The fraction of sp³-hybridized carbons (Fsp3) is 0.714. The van der Waals surface area contributed by atoms with Crippen LogP contribution in [0.25, 0.3) is 0 Å². The standard InChI is InChI=1S/C14H28NO/c1-8-15(6,7)9-10-16-14(5)11-13(4)12(2)3/h13H,2,5,8-11H2,1,3-4,6-7H3/q+1. The van der Waals surface area contributed by atoms with Gasteiger partial charge in [-0.05, 0) is 19.8 Å². The van der Waals surface area contributed by atoms with Crippen LogP contribution in [0.2, 0.25) is 0 Å². The highest BCUT2D eigenvalue weighted by molar-refractivity contribution is 4.99. The molecule has 0 aromatic heterocycles. The number of nitrogens with zero attached hydrogens (tertiary/aromatic N) is 1. The second kappa shape index (κ2) is 6.74. The Hall–Kier alpha value is -0.760. The van der Waals surface area contributed by atoms with E-state index >= 15 is 0 Å². The van der Waals surface area contributed by atoms with Crippen molar-refractivity contribution in [2.75, 3.05) is 33.8 Å². The molecule has 0 aromatic carbocycles. The third kappa shape index (κ3) is 6.67. The number of hydrogen-bond donors (Lipinski definition) is 0. The van der Waals surface area contributed by atoms with Crippen LogP contribution in [0.15, 0.2) is 24.5 Å². The Morgan fingerprint density at radius 1 is 1.31 bits per heavy atom. The highest BCUT2D eigenvalue weighted by Gasteiger charge is 2.12. The molecule has 0 heterocycles. The summed E-state index contributed by atoms with van der Waals surface area (Å²) < 4.78 is 6.64. The number of quaternary nitrogens is 1. The van der Waals surface area contributed by atoms with Gasteiger partial charge in [-0.2, -0.15) is 0 Å². The molecule has 0 amide bonds. The summed E-state index contributed by atoms with van der Waals surface area (Å²) in [6, 6.07) is 0. The summed E-state index contributed by atoms with van der Waals surface area (Å²) >= 11 is 0. The molecule has 0 rings (SSSR count). The predicted octanol–water partition coefficient (Wildman–Crippen LogP) is 3.22. The van der Waals surface area contributed by atoms with Gasteiger partial charge in [-0.1, -0.05) is 25.7 Å². The number of hydrogen-bond acceptors (Lipinski definition) is 1. The van der Waals surface area contributed by atoms with E-state index in [9.17, 15) is 0 Å². The first-order valence-electron chi connectivity index (χ1n) is 6.06. The Balaban J connectivity index is 3.79. The first-order chi connectivity index (χ1) is 7.28. The van der Waals surface area contributed by atoms with Crippen molar-refractivity contribution < 1.29 is 9.22 Å². The first-order valence-corrected chi connectivity index (χ1v) is 6.06. The quantitative estimate of drug-likeness (QED) is 0.351. The molecule has 0 radical (unpaired) electrons. The van der Waals surface area contributed by atoms with Crippen LogP contribution < -0.4 is 0 Å². The van der Waals surface area contributed by atoms with Crippen LogP contribution in [-0.2, 0) is 4.74 Å². The second-order valence-electron chi connectivity index (χ2n) is 5.31. The maximum atomic E-state index is 5.65. The van der Waals surface area contributed by atoms with Gasteiger partial charge in [-0.25, -0.2) is 0 Å². The molecule has 0 spiro atoms. The van der Waals surface area contributed by atoms with E-state index in [0.717, 1.165) is 36.4 Å². The van der Waals surface area contributed by atoms with Crippen molar-refractivity contribution in [3.8, 4) is 0 Å². The van der Waals surface area contributed by atoms with Crippen molar-refractivity contribution in [1.82, 2.24) is 0 Å². The summed E-state index contributed by atoms with van der Waals surface area (Å²) in [5.41, 5.74) is 1.19. The van der Waals surface area contributed by atoms with Crippen molar-refractivity contribution >= 4 is 0 Å². The lowest BCUT2D eigenvalue weighted by Gasteiger charge is -2.28. The summed E-state index contributed by atoms with van der Waals surface area (Å²) in [5, 5.41) is 0. The molecule has 2 heteroatoms. The van der Waals surface area contributed by atoms with Gasteiger partial charge in [0.05, 0.1) is 26.4 Å². The molecule has 0 saturated carbocycles. The van der Waals surface area contributed by atoms with Gasteiger partial charge in [0, 0.05) is 6.42 Å². The Labute approximate surface area is 101 Å². The molecule has 94 valence electrons. The van der Waals surface area contributed by atoms with E-state index in [1.165, 1.54) is 5.57 Å². The monoisotopic (exact) mass is 226 g/mol. The van der Waals surface area contributed by atoms with Gasteiger partial charge in [0.1, 0.15) is 13.2 Å². The minimum atomic E-state index is 0.459. The van der Waals surface area contributed by atoms with Gasteiger partial charge in [-0.3, -0.25) is 0 Å². The molecule has 0 aliphatic rings. The van der Waals surface area contributed by atoms with E-state index in [1.54, 1.807) is 0 Å². The topological polar surface area (TPSA) is 9.23 Å². The molecule has 0 aliphatic carbocycles. The maximum absolute atomic E-state index is 5.65. The molecule has 0 N–H and O–H groups in total. The molecular formula is C14H28NO+. The molecule has 0 bridgehead atoms. The van der Waals surface area contributed by atoms with Gasteiger partial charge in [0.2, 0.25) is 0 Å². The maximum Gasteiger partial charge on any atom is 0.137 e. The minimum absolute atomic E-state index is 0.459. The van der Waals surface area contributed by atoms with Crippen LogP contribution in [0.4, 0.5) is 0 Å². The molecule has 1 atom stereocenters. The SMILES string of the molecule is C=C(CC(C)C(=C)C)OCC[N+](C)(C)CC. The van der Waals surface area contributed by atoms with E-state index in [1.807, 2.05) is 0 Å². The molecule has 0 saturated heterocycles. The van der Waals surface area contributed by atoms with E-state index in [0.29, 0.717) is 5.92 Å². The second-order valence-corrected chi connectivity index (χ2v) is 5.31. The van der Waals surface area contributed by atoms with Crippen LogP contribution in [0.3, 0.4) is 0 Å². The molecule has 0 aromatic rings. The average Bonchev–Trinajstić information content (AvgIpc) is 2.17. The third-order valence-electron chi connectivity index (χ3n) is 3.23. The minimum Gasteiger partial charge on any atom is -0.493 e. The zero-order valence-electron chi connectivity index (χ0n) is 11.7. The van der Waals surface area contributed by atoms with E-state index in [4.69, 9.17) is 4.74 Å². The van der Waals surface area contributed by atoms with Gasteiger partial charge in [-0.15, -0.1) is 0 Å². The number of allylic oxidation sites excluding steroid dienone is 2. The highest BCUT2D eigenvalue weighted by Crippen LogP contribution is 2.17. The fourth-order valence-electron chi connectivity index (χ4n) is 1.17. The molecular weight excluding hydrogens is 198 g/mol. The first kappa shape index (κ1) is 15.2. The molecule has 0 fully saturated rings. The normalized spacial score (nSPS) is 13.3. The zero-order valence-corrected chi connectivity index (χ0v) is 11.7. The Morgan fingerprint density at radius 2 is 1.88 bits per heavy atom. The summed E-state index contributed by atoms with van der Waals surface area (Å²) in [6.07, 6.45) is 0.884. The lowest BCUT2D eigenvalue weighted by atomic mass is 10.00.